The molecule has 64 valence electrons. The van der Waals surface area contributed by atoms with Crippen molar-refractivity contribution in [3.8, 4) is 0 Å². The first-order chi connectivity index (χ1) is 5.77. The average molecular weight is 168 g/mol. The van der Waals surface area contributed by atoms with Crippen molar-refractivity contribution in [2.24, 2.45) is 10.9 Å². The third-order valence-corrected chi connectivity index (χ3v) is 1.49. The quantitative estimate of drug-likeness (QED) is 0.392. The fourth-order valence-corrected chi connectivity index (χ4v) is 0.859. The van der Waals surface area contributed by atoms with E-state index in [1.54, 1.807) is 0 Å². The Bertz CT molecular complexity index is 282. The van der Waals surface area contributed by atoms with Gasteiger partial charge in [0, 0.05) is 12.1 Å². The van der Waals surface area contributed by atoms with Crippen molar-refractivity contribution in [2.75, 3.05) is 6.54 Å². The zero-order valence-corrected chi connectivity index (χ0v) is 6.37. The lowest BCUT2D eigenvalue weighted by molar-refractivity contribution is 0.318. The van der Waals surface area contributed by atoms with Crippen molar-refractivity contribution in [3.63, 3.8) is 0 Å². The number of oxime groups is 1. The van der Waals surface area contributed by atoms with Gasteiger partial charge in [0.2, 0.25) is 0 Å². The van der Waals surface area contributed by atoms with Crippen LogP contribution in [0.25, 0.3) is 0 Å². The van der Waals surface area contributed by atoms with E-state index in [-0.39, 0.29) is 12.4 Å². The van der Waals surface area contributed by atoms with Gasteiger partial charge in [-0.2, -0.15) is 0 Å². The summed E-state index contributed by atoms with van der Waals surface area (Å²) in [6.45, 7) is 0.127. The molecule has 4 heteroatoms. The molecule has 1 rings (SSSR count). The maximum atomic E-state index is 12.4. The van der Waals surface area contributed by atoms with Crippen LogP contribution in [0.2, 0.25) is 0 Å². The molecule has 1 aromatic carbocycles. The Labute approximate surface area is 69.3 Å². The molecule has 3 nitrogen and oxygen atoms in total. The smallest absolute Gasteiger partial charge is 0.123 e. The lowest BCUT2D eigenvalue weighted by Crippen LogP contribution is -2.14. The molecule has 0 saturated carbocycles. The van der Waals surface area contributed by atoms with E-state index in [4.69, 9.17) is 10.9 Å². The van der Waals surface area contributed by atoms with Crippen LogP contribution in [0.5, 0.6) is 0 Å². The Morgan fingerprint density at radius 1 is 1.42 bits per heavy atom. The molecular weight excluding hydrogens is 159 g/mol. The summed E-state index contributed by atoms with van der Waals surface area (Å²) in [6, 6.07) is 5.60. The minimum atomic E-state index is -0.326. The molecule has 0 amide bonds. The second-order valence-corrected chi connectivity index (χ2v) is 2.26. The molecule has 0 fully saturated rings. The molecule has 0 aliphatic carbocycles. The van der Waals surface area contributed by atoms with Crippen LogP contribution in [0.15, 0.2) is 29.4 Å². The number of nitrogens with two attached hydrogens (primary N) is 1. The highest BCUT2D eigenvalue weighted by Gasteiger charge is 2.00. The predicted octanol–water partition coefficient (Wildman–Crippen LogP) is 0.963. The normalized spacial score (nSPS) is 11.7. The summed E-state index contributed by atoms with van der Waals surface area (Å²) >= 11 is 0. The molecule has 0 aromatic heterocycles. The third-order valence-electron chi connectivity index (χ3n) is 1.49. The van der Waals surface area contributed by atoms with Crippen LogP contribution >= 0.6 is 0 Å². The lowest BCUT2D eigenvalue weighted by atomic mass is 10.1. The molecule has 0 atom stereocenters. The summed E-state index contributed by atoms with van der Waals surface area (Å²) in [5.41, 5.74) is 6.24. The third kappa shape index (κ3) is 1.79. The summed E-state index contributed by atoms with van der Waals surface area (Å²) < 4.78 is 12.4. The largest absolute Gasteiger partial charge is 0.411 e. The second kappa shape index (κ2) is 3.82. The van der Waals surface area contributed by atoms with Gasteiger partial charge in [0.1, 0.15) is 11.5 Å². The van der Waals surface area contributed by atoms with Gasteiger partial charge in [-0.05, 0) is 12.1 Å². The molecule has 0 bridgehead atoms. The second-order valence-electron chi connectivity index (χ2n) is 2.26. The highest BCUT2D eigenvalue weighted by atomic mass is 19.1. The number of halogens is 1. The van der Waals surface area contributed by atoms with Crippen LogP contribution in [0, 0.1) is 5.82 Å². The molecule has 3 N–H and O–H groups in total. The van der Waals surface area contributed by atoms with Gasteiger partial charge < -0.3 is 10.9 Å². The van der Waals surface area contributed by atoms with E-state index >= 15 is 0 Å². The predicted molar refractivity (Wildman–Crippen MR) is 43.8 cm³/mol. The van der Waals surface area contributed by atoms with Crippen LogP contribution in [0.4, 0.5) is 4.39 Å². The maximum absolute atomic E-state index is 12.4. The SMILES string of the molecule is NC/C(=N/O)c1ccc(F)cc1. The summed E-state index contributed by atoms with van der Waals surface area (Å²) in [5, 5.41) is 11.4. The number of benzene rings is 1. The Hall–Kier alpha value is -1.42. The molecule has 0 spiro atoms. The zero-order valence-electron chi connectivity index (χ0n) is 6.37. The standard InChI is InChI=1S/C8H9FN2O/c9-7-3-1-6(2-4-7)8(5-10)11-12/h1-4,12H,5,10H2/b11-8-. The van der Waals surface area contributed by atoms with Crippen LogP contribution < -0.4 is 5.73 Å². The van der Waals surface area contributed by atoms with Gasteiger partial charge >= 0.3 is 0 Å². The Balaban J connectivity index is 2.96. The summed E-state index contributed by atoms with van der Waals surface area (Å²) in [7, 11) is 0. The Morgan fingerprint density at radius 2 is 2.00 bits per heavy atom. The van der Waals surface area contributed by atoms with E-state index in [1.807, 2.05) is 0 Å². The van der Waals surface area contributed by atoms with E-state index < -0.39 is 0 Å². The maximum Gasteiger partial charge on any atom is 0.123 e. The number of hydrogen-bond acceptors (Lipinski definition) is 3. The summed E-state index contributed by atoms with van der Waals surface area (Å²) in [4.78, 5) is 0. The van der Waals surface area contributed by atoms with E-state index in [2.05, 4.69) is 5.16 Å². The first-order valence-corrected chi connectivity index (χ1v) is 3.45. The van der Waals surface area contributed by atoms with Crippen molar-refractivity contribution in [1.29, 1.82) is 0 Å². The van der Waals surface area contributed by atoms with Gasteiger partial charge in [-0.1, -0.05) is 17.3 Å². The van der Waals surface area contributed by atoms with Crippen LogP contribution in [-0.4, -0.2) is 17.5 Å². The summed E-state index contributed by atoms with van der Waals surface area (Å²) in [6.07, 6.45) is 0. The van der Waals surface area contributed by atoms with Crippen LogP contribution in [0.1, 0.15) is 5.56 Å². The molecule has 1 aromatic rings. The van der Waals surface area contributed by atoms with Crippen molar-refractivity contribution in [3.05, 3.63) is 35.6 Å². The fraction of sp³-hybridized carbons (Fsp3) is 0.125. The lowest BCUT2D eigenvalue weighted by Gasteiger charge is -1.99. The van der Waals surface area contributed by atoms with E-state index in [9.17, 15) is 4.39 Å². The van der Waals surface area contributed by atoms with Crippen molar-refractivity contribution >= 4 is 5.71 Å². The highest BCUT2D eigenvalue weighted by Crippen LogP contribution is 2.03. The minimum Gasteiger partial charge on any atom is -0.411 e. The van der Waals surface area contributed by atoms with Gasteiger partial charge in [-0.25, -0.2) is 4.39 Å². The molecule has 0 aliphatic heterocycles. The van der Waals surface area contributed by atoms with Gasteiger partial charge in [0.15, 0.2) is 0 Å². The molecule has 0 radical (unpaired) electrons. The van der Waals surface area contributed by atoms with Crippen LogP contribution in [0.3, 0.4) is 0 Å². The topological polar surface area (TPSA) is 58.6 Å². The summed E-state index contributed by atoms with van der Waals surface area (Å²) in [5.74, 6) is -0.326. The van der Waals surface area contributed by atoms with E-state index in [1.165, 1.54) is 24.3 Å². The molecule has 12 heavy (non-hydrogen) atoms. The Kier molecular flexibility index (Phi) is 2.76. The number of nitrogens with zero attached hydrogens (tertiary/aromatic N) is 1. The first kappa shape index (κ1) is 8.67. The molecule has 0 unspecified atom stereocenters. The van der Waals surface area contributed by atoms with E-state index in [0.29, 0.717) is 11.3 Å². The van der Waals surface area contributed by atoms with Crippen molar-refractivity contribution in [2.45, 2.75) is 0 Å². The Morgan fingerprint density at radius 3 is 2.42 bits per heavy atom. The van der Waals surface area contributed by atoms with Crippen molar-refractivity contribution < 1.29 is 9.60 Å². The first-order valence-electron chi connectivity index (χ1n) is 3.45. The highest BCUT2D eigenvalue weighted by molar-refractivity contribution is 6.01. The van der Waals surface area contributed by atoms with Gasteiger partial charge in [0.25, 0.3) is 0 Å². The minimum absolute atomic E-state index is 0.127. The van der Waals surface area contributed by atoms with E-state index in [0.717, 1.165) is 0 Å². The van der Waals surface area contributed by atoms with Gasteiger partial charge in [-0.15, -0.1) is 0 Å². The fourth-order valence-electron chi connectivity index (χ4n) is 0.859. The number of hydrogen-bond donors (Lipinski definition) is 2. The molecule has 0 heterocycles. The van der Waals surface area contributed by atoms with Gasteiger partial charge in [-0.3, -0.25) is 0 Å². The monoisotopic (exact) mass is 168 g/mol. The van der Waals surface area contributed by atoms with Crippen molar-refractivity contribution in [1.82, 2.24) is 0 Å². The van der Waals surface area contributed by atoms with Gasteiger partial charge in [0.05, 0.1) is 0 Å². The zero-order chi connectivity index (χ0) is 8.97. The number of rotatable bonds is 2. The molecule has 0 aliphatic rings. The molecular formula is C8H9FN2O. The van der Waals surface area contributed by atoms with Crippen LogP contribution in [-0.2, 0) is 0 Å². The molecule has 0 saturated heterocycles. The average Bonchev–Trinajstić information content (AvgIpc) is 2.10.